The first-order chi connectivity index (χ1) is 12.5. The molecular formula is C22H23ClN2O. The molecule has 0 amide bonds. The molecule has 3 rings (SSSR count). The molecule has 3 nitrogen and oxygen atoms in total. The zero-order chi connectivity index (χ0) is 18.5. The summed E-state index contributed by atoms with van der Waals surface area (Å²) in [6.45, 7) is 1.99. The van der Waals surface area contributed by atoms with Gasteiger partial charge in [0.2, 0.25) is 0 Å². The molecule has 1 aromatic heterocycles. The third kappa shape index (κ3) is 4.48. The second kappa shape index (κ2) is 8.43. The Kier molecular flexibility index (Phi) is 6.02. The summed E-state index contributed by atoms with van der Waals surface area (Å²) in [4.78, 5) is 17.6. The third-order valence-corrected chi connectivity index (χ3v) is 4.69. The van der Waals surface area contributed by atoms with Crippen molar-refractivity contribution in [2.45, 2.75) is 38.6 Å². The molecule has 1 atom stereocenters. The number of unbranched alkanes of at least 4 members (excludes halogenated alkanes) is 1. The maximum absolute atomic E-state index is 12.9. The molecule has 0 bridgehead atoms. The van der Waals surface area contributed by atoms with E-state index in [0.717, 1.165) is 41.4 Å². The van der Waals surface area contributed by atoms with Gasteiger partial charge in [-0.2, -0.15) is 0 Å². The van der Waals surface area contributed by atoms with E-state index < -0.39 is 0 Å². The Morgan fingerprint density at radius 2 is 1.88 bits per heavy atom. The predicted molar refractivity (Wildman–Crippen MR) is 109 cm³/mol. The monoisotopic (exact) mass is 366 g/mol. The number of aromatic nitrogens is 1. The van der Waals surface area contributed by atoms with Crippen molar-refractivity contribution in [2.24, 2.45) is 5.73 Å². The number of benzene rings is 2. The van der Waals surface area contributed by atoms with Crippen LogP contribution in [0.3, 0.4) is 0 Å². The quantitative estimate of drug-likeness (QED) is 0.434. The molecule has 0 aliphatic rings. The fourth-order valence-electron chi connectivity index (χ4n) is 3.08. The van der Waals surface area contributed by atoms with Crippen LogP contribution in [0.4, 0.5) is 0 Å². The highest BCUT2D eigenvalue weighted by Gasteiger charge is 2.14. The number of nitrogens with zero attached hydrogens (tertiary/aromatic N) is 1. The van der Waals surface area contributed by atoms with Gasteiger partial charge in [-0.05, 0) is 38.0 Å². The van der Waals surface area contributed by atoms with Crippen molar-refractivity contribution >= 4 is 28.3 Å². The Balaban J connectivity index is 1.96. The Labute approximate surface area is 159 Å². The standard InChI is InChI=1S/C22H23ClN2O/c1-15(24)7-5-6-10-22(26)19-14-20(16-8-3-2-4-9-16)25-21-13-17(23)11-12-18(19)21/h2-4,8-9,11-15H,5-7,10,24H2,1H3. The van der Waals surface area contributed by atoms with Gasteiger partial charge in [-0.15, -0.1) is 0 Å². The van der Waals surface area contributed by atoms with Gasteiger partial charge in [0.25, 0.3) is 0 Å². The summed E-state index contributed by atoms with van der Waals surface area (Å²) >= 11 is 6.14. The molecule has 0 radical (unpaired) electrons. The maximum atomic E-state index is 12.9. The lowest BCUT2D eigenvalue weighted by molar-refractivity contribution is 0.0980. The number of rotatable bonds is 7. The number of nitrogens with two attached hydrogens (primary N) is 1. The summed E-state index contributed by atoms with van der Waals surface area (Å²) in [6.07, 6.45) is 3.26. The van der Waals surface area contributed by atoms with Crippen LogP contribution in [0.1, 0.15) is 43.0 Å². The van der Waals surface area contributed by atoms with E-state index in [-0.39, 0.29) is 11.8 Å². The third-order valence-electron chi connectivity index (χ3n) is 4.46. The van der Waals surface area contributed by atoms with E-state index >= 15 is 0 Å². The lowest BCUT2D eigenvalue weighted by Gasteiger charge is -2.10. The van der Waals surface area contributed by atoms with E-state index in [1.54, 1.807) is 6.07 Å². The van der Waals surface area contributed by atoms with Gasteiger partial charge in [-0.25, -0.2) is 4.98 Å². The van der Waals surface area contributed by atoms with Crippen molar-refractivity contribution in [3.63, 3.8) is 0 Å². The van der Waals surface area contributed by atoms with Crippen molar-refractivity contribution in [2.75, 3.05) is 0 Å². The predicted octanol–water partition coefficient (Wildman–Crippen LogP) is 5.65. The minimum atomic E-state index is 0.140. The van der Waals surface area contributed by atoms with Gasteiger partial charge in [-0.3, -0.25) is 4.79 Å². The SMILES string of the molecule is CC(N)CCCCC(=O)c1cc(-c2ccccc2)nc2cc(Cl)ccc12. The van der Waals surface area contributed by atoms with Gasteiger partial charge in [0.05, 0.1) is 11.2 Å². The van der Waals surface area contributed by atoms with Crippen LogP contribution in [0.5, 0.6) is 0 Å². The van der Waals surface area contributed by atoms with Crippen LogP contribution < -0.4 is 5.73 Å². The number of halogens is 1. The number of Topliss-reactive ketones (excluding diaryl/α,β-unsaturated/α-hetero) is 1. The van der Waals surface area contributed by atoms with Gasteiger partial charge < -0.3 is 5.73 Å². The van der Waals surface area contributed by atoms with Gasteiger partial charge in [0.15, 0.2) is 5.78 Å². The van der Waals surface area contributed by atoms with Crippen LogP contribution in [-0.4, -0.2) is 16.8 Å². The van der Waals surface area contributed by atoms with E-state index in [2.05, 4.69) is 0 Å². The first kappa shape index (κ1) is 18.6. The summed E-state index contributed by atoms with van der Waals surface area (Å²) in [6, 6.07) is 17.5. The van der Waals surface area contributed by atoms with Crippen molar-refractivity contribution in [3.05, 3.63) is 65.2 Å². The molecule has 0 aliphatic carbocycles. The molecule has 134 valence electrons. The Morgan fingerprint density at radius 1 is 1.12 bits per heavy atom. The highest BCUT2D eigenvalue weighted by Crippen LogP contribution is 2.28. The van der Waals surface area contributed by atoms with Crippen LogP contribution in [0.2, 0.25) is 5.02 Å². The number of fused-ring (bicyclic) bond motifs is 1. The number of carbonyl (C=O) groups excluding carboxylic acids is 1. The summed E-state index contributed by atoms with van der Waals surface area (Å²) in [5.74, 6) is 0.140. The number of pyridine rings is 1. The number of hydrogen-bond acceptors (Lipinski definition) is 3. The van der Waals surface area contributed by atoms with Crippen LogP contribution in [0.25, 0.3) is 22.2 Å². The second-order valence-corrected chi connectivity index (χ2v) is 7.17. The molecule has 1 unspecified atom stereocenters. The number of carbonyl (C=O) groups is 1. The van der Waals surface area contributed by atoms with Gasteiger partial charge in [-0.1, -0.05) is 54.4 Å². The zero-order valence-corrected chi connectivity index (χ0v) is 15.7. The molecule has 2 aromatic carbocycles. The Hall–Kier alpha value is -2.23. The lowest BCUT2D eigenvalue weighted by atomic mass is 9.98. The molecule has 0 saturated carbocycles. The molecule has 0 aliphatic heterocycles. The fourth-order valence-corrected chi connectivity index (χ4v) is 3.24. The van der Waals surface area contributed by atoms with Crippen LogP contribution in [-0.2, 0) is 0 Å². The molecule has 0 fully saturated rings. The van der Waals surface area contributed by atoms with Crippen LogP contribution in [0.15, 0.2) is 54.6 Å². The topological polar surface area (TPSA) is 56.0 Å². The zero-order valence-electron chi connectivity index (χ0n) is 14.9. The number of hydrogen-bond donors (Lipinski definition) is 1. The molecule has 2 N–H and O–H groups in total. The van der Waals surface area contributed by atoms with Gasteiger partial charge in [0.1, 0.15) is 0 Å². The molecule has 4 heteroatoms. The van der Waals surface area contributed by atoms with E-state index in [1.807, 2.05) is 55.5 Å². The molecular weight excluding hydrogens is 344 g/mol. The lowest BCUT2D eigenvalue weighted by Crippen LogP contribution is -2.14. The largest absolute Gasteiger partial charge is 0.328 e. The Bertz CT molecular complexity index is 907. The van der Waals surface area contributed by atoms with Crippen molar-refractivity contribution in [1.82, 2.24) is 4.98 Å². The Morgan fingerprint density at radius 3 is 2.62 bits per heavy atom. The minimum Gasteiger partial charge on any atom is -0.328 e. The molecule has 3 aromatic rings. The summed E-state index contributed by atoms with van der Waals surface area (Å²) < 4.78 is 0. The van der Waals surface area contributed by atoms with Gasteiger partial charge in [0, 0.05) is 34.0 Å². The smallest absolute Gasteiger partial charge is 0.163 e. The van der Waals surface area contributed by atoms with Crippen LogP contribution >= 0.6 is 11.6 Å². The van der Waals surface area contributed by atoms with Crippen molar-refractivity contribution < 1.29 is 4.79 Å². The van der Waals surface area contributed by atoms with E-state index in [4.69, 9.17) is 22.3 Å². The molecule has 1 heterocycles. The normalized spacial score (nSPS) is 12.3. The summed E-state index contributed by atoms with van der Waals surface area (Å²) in [5, 5.41) is 1.47. The first-order valence-corrected chi connectivity index (χ1v) is 9.37. The maximum Gasteiger partial charge on any atom is 0.163 e. The van der Waals surface area contributed by atoms with E-state index in [0.29, 0.717) is 17.0 Å². The highest BCUT2D eigenvalue weighted by molar-refractivity contribution is 6.31. The van der Waals surface area contributed by atoms with E-state index in [9.17, 15) is 4.79 Å². The molecule has 0 spiro atoms. The molecule has 0 saturated heterocycles. The highest BCUT2D eigenvalue weighted by atomic mass is 35.5. The van der Waals surface area contributed by atoms with Crippen molar-refractivity contribution in [1.29, 1.82) is 0 Å². The number of ketones is 1. The second-order valence-electron chi connectivity index (χ2n) is 6.73. The molecule has 26 heavy (non-hydrogen) atoms. The summed E-state index contributed by atoms with van der Waals surface area (Å²) in [7, 11) is 0. The van der Waals surface area contributed by atoms with Crippen molar-refractivity contribution in [3.8, 4) is 11.3 Å². The van der Waals surface area contributed by atoms with Crippen LogP contribution in [0, 0.1) is 0 Å². The van der Waals surface area contributed by atoms with Gasteiger partial charge >= 0.3 is 0 Å². The van der Waals surface area contributed by atoms with E-state index in [1.165, 1.54) is 0 Å². The first-order valence-electron chi connectivity index (χ1n) is 8.99. The average Bonchev–Trinajstić information content (AvgIpc) is 2.64. The average molecular weight is 367 g/mol. The summed E-state index contributed by atoms with van der Waals surface area (Å²) in [5.41, 5.74) is 9.03. The minimum absolute atomic E-state index is 0.140. The fraction of sp³-hybridized carbons (Fsp3) is 0.273.